The fraction of sp³-hybridized carbons (Fsp3) is 0.0588. The van der Waals surface area contributed by atoms with Gasteiger partial charge in [0.25, 0.3) is 11.8 Å². The first-order valence-electron chi connectivity index (χ1n) is 6.40. The van der Waals surface area contributed by atoms with Crippen LogP contribution in [-0.4, -0.2) is 23.5 Å². The highest BCUT2D eigenvalue weighted by molar-refractivity contribution is 6.34. The maximum Gasteiger partial charge on any atom is 0.266 e. The molecule has 0 saturated heterocycles. The second-order valence-corrected chi connectivity index (χ2v) is 4.50. The first-order valence-corrected chi connectivity index (χ1v) is 6.40. The molecule has 1 N–H and O–H groups in total. The zero-order chi connectivity index (χ0) is 14.8. The number of aliphatic hydroxyl groups is 1. The molecule has 4 heteroatoms. The minimum atomic E-state index is -0.331. The van der Waals surface area contributed by atoms with E-state index >= 15 is 0 Å². The SMILES string of the molecule is O=C1c2ccccc2C(=O)N1c1cccc(C#CCO)c1. The largest absolute Gasteiger partial charge is 0.384 e. The van der Waals surface area contributed by atoms with E-state index in [1.54, 1.807) is 48.5 Å². The topological polar surface area (TPSA) is 57.6 Å². The summed E-state index contributed by atoms with van der Waals surface area (Å²) in [6.45, 7) is -0.239. The van der Waals surface area contributed by atoms with Crippen molar-refractivity contribution in [3.8, 4) is 11.8 Å². The van der Waals surface area contributed by atoms with E-state index in [9.17, 15) is 9.59 Å². The fourth-order valence-electron chi connectivity index (χ4n) is 2.29. The molecule has 1 aliphatic heterocycles. The standard InChI is InChI=1S/C17H11NO3/c19-10-4-6-12-5-3-7-13(11-12)18-16(20)14-8-1-2-9-15(14)17(18)21/h1-3,5,7-9,11,19H,10H2. The molecule has 0 unspecified atom stereocenters. The van der Waals surface area contributed by atoms with Crippen molar-refractivity contribution < 1.29 is 14.7 Å². The van der Waals surface area contributed by atoms with E-state index in [4.69, 9.17) is 5.11 Å². The molecule has 0 bridgehead atoms. The van der Waals surface area contributed by atoms with E-state index in [0.29, 0.717) is 22.4 Å². The van der Waals surface area contributed by atoms with Gasteiger partial charge in [0.1, 0.15) is 6.61 Å². The predicted molar refractivity (Wildman–Crippen MR) is 78.0 cm³/mol. The Balaban J connectivity index is 2.03. The maximum absolute atomic E-state index is 12.4. The van der Waals surface area contributed by atoms with E-state index in [1.165, 1.54) is 0 Å². The molecule has 3 rings (SSSR count). The van der Waals surface area contributed by atoms with Gasteiger partial charge in [-0.25, -0.2) is 4.90 Å². The summed E-state index contributed by atoms with van der Waals surface area (Å²) < 4.78 is 0. The number of carbonyl (C=O) groups excluding carboxylic acids is 2. The molecule has 2 amide bonds. The van der Waals surface area contributed by atoms with Crippen LogP contribution in [0.1, 0.15) is 26.3 Å². The molecule has 102 valence electrons. The van der Waals surface area contributed by atoms with Crippen molar-refractivity contribution in [2.75, 3.05) is 11.5 Å². The third kappa shape index (κ3) is 2.20. The Labute approximate surface area is 121 Å². The van der Waals surface area contributed by atoms with Gasteiger partial charge in [-0.15, -0.1) is 0 Å². The van der Waals surface area contributed by atoms with Crippen LogP contribution in [0.4, 0.5) is 5.69 Å². The third-order valence-electron chi connectivity index (χ3n) is 3.21. The van der Waals surface area contributed by atoms with Crippen molar-refractivity contribution in [2.24, 2.45) is 0 Å². The van der Waals surface area contributed by atoms with Crippen LogP contribution in [0.5, 0.6) is 0 Å². The number of hydrogen-bond acceptors (Lipinski definition) is 3. The molecular weight excluding hydrogens is 266 g/mol. The second-order valence-electron chi connectivity index (χ2n) is 4.50. The van der Waals surface area contributed by atoms with Crippen molar-refractivity contribution in [2.45, 2.75) is 0 Å². The summed E-state index contributed by atoms with van der Waals surface area (Å²) in [5.74, 6) is 4.64. The number of hydrogen-bond donors (Lipinski definition) is 1. The lowest BCUT2D eigenvalue weighted by atomic mass is 10.1. The number of imide groups is 1. The number of aliphatic hydroxyl groups excluding tert-OH is 1. The van der Waals surface area contributed by atoms with Gasteiger partial charge >= 0.3 is 0 Å². The summed E-state index contributed by atoms with van der Waals surface area (Å²) in [4.78, 5) is 25.9. The Bertz CT molecular complexity index is 764. The van der Waals surface area contributed by atoms with Crippen LogP contribution in [0.25, 0.3) is 0 Å². The second kappa shape index (κ2) is 5.23. The van der Waals surface area contributed by atoms with Gasteiger partial charge in [0.15, 0.2) is 0 Å². The van der Waals surface area contributed by atoms with Crippen LogP contribution in [0, 0.1) is 11.8 Å². The third-order valence-corrected chi connectivity index (χ3v) is 3.21. The van der Waals surface area contributed by atoms with Gasteiger partial charge in [0.2, 0.25) is 0 Å². The Morgan fingerprint density at radius 3 is 2.24 bits per heavy atom. The van der Waals surface area contributed by atoms with Crippen molar-refractivity contribution in [3.05, 3.63) is 65.2 Å². The molecule has 0 aliphatic carbocycles. The lowest BCUT2D eigenvalue weighted by molar-refractivity contribution is 0.0926. The van der Waals surface area contributed by atoms with Crippen LogP contribution in [0.2, 0.25) is 0 Å². The predicted octanol–water partition coefficient (Wildman–Crippen LogP) is 1.83. The molecular formula is C17H11NO3. The number of fused-ring (bicyclic) bond motifs is 1. The van der Waals surface area contributed by atoms with Crippen LogP contribution in [0.15, 0.2) is 48.5 Å². The van der Waals surface area contributed by atoms with Crippen molar-refractivity contribution >= 4 is 17.5 Å². The maximum atomic E-state index is 12.4. The van der Waals surface area contributed by atoms with Gasteiger partial charge in [-0.05, 0) is 30.3 Å². The average molecular weight is 277 g/mol. The summed E-state index contributed by atoms with van der Waals surface area (Å²) >= 11 is 0. The quantitative estimate of drug-likeness (QED) is 0.639. The molecule has 21 heavy (non-hydrogen) atoms. The van der Waals surface area contributed by atoms with Gasteiger partial charge in [0, 0.05) is 5.56 Å². The zero-order valence-electron chi connectivity index (χ0n) is 11.0. The monoisotopic (exact) mass is 277 g/mol. The minimum absolute atomic E-state index is 0.239. The number of amides is 2. The highest BCUT2D eigenvalue weighted by Gasteiger charge is 2.36. The molecule has 4 nitrogen and oxygen atoms in total. The van der Waals surface area contributed by atoms with E-state index in [-0.39, 0.29) is 18.4 Å². The summed E-state index contributed by atoms with van der Waals surface area (Å²) in [5.41, 5.74) is 1.94. The highest BCUT2D eigenvalue weighted by atomic mass is 16.2. The van der Waals surface area contributed by atoms with Crippen LogP contribution in [-0.2, 0) is 0 Å². The molecule has 0 spiro atoms. The summed E-state index contributed by atoms with van der Waals surface area (Å²) in [7, 11) is 0. The number of carbonyl (C=O) groups is 2. The number of benzene rings is 2. The Morgan fingerprint density at radius 1 is 0.952 bits per heavy atom. The van der Waals surface area contributed by atoms with Gasteiger partial charge in [-0.2, -0.15) is 0 Å². The molecule has 2 aromatic rings. The first-order chi connectivity index (χ1) is 10.2. The lowest BCUT2D eigenvalue weighted by Crippen LogP contribution is -2.29. The summed E-state index contributed by atoms with van der Waals surface area (Å²) in [5, 5.41) is 8.72. The first kappa shape index (κ1) is 13.1. The minimum Gasteiger partial charge on any atom is -0.384 e. The molecule has 0 radical (unpaired) electrons. The normalized spacial score (nSPS) is 12.9. The summed E-state index contributed by atoms with van der Waals surface area (Å²) in [6, 6.07) is 13.6. The zero-order valence-corrected chi connectivity index (χ0v) is 11.0. The van der Waals surface area contributed by atoms with Crippen LogP contribution >= 0.6 is 0 Å². The van der Waals surface area contributed by atoms with Crippen LogP contribution < -0.4 is 4.90 Å². The number of nitrogens with zero attached hydrogens (tertiary/aromatic N) is 1. The molecule has 1 heterocycles. The smallest absolute Gasteiger partial charge is 0.266 e. The van der Waals surface area contributed by atoms with E-state index in [2.05, 4.69) is 11.8 Å². The van der Waals surface area contributed by atoms with Gasteiger partial charge < -0.3 is 5.11 Å². The van der Waals surface area contributed by atoms with Gasteiger partial charge in [-0.1, -0.05) is 30.0 Å². The molecule has 0 atom stereocenters. The number of anilines is 1. The molecule has 0 fully saturated rings. The van der Waals surface area contributed by atoms with Gasteiger partial charge in [-0.3, -0.25) is 9.59 Å². The Morgan fingerprint density at radius 2 is 1.62 bits per heavy atom. The Hall–Kier alpha value is -2.90. The van der Waals surface area contributed by atoms with E-state index in [1.807, 2.05) is 0 Å². The molecule has 0 saturated carbocycles. The van der Waals surface area contributed by atoms with E-state index in [0.717, 1.165) is 4.90 Å². The highest BCUT2D eigenvalue weighted by Crippen LogP contribution is 2.28. The summed E-state index contributed by atoms with van der Waals surface area (Å²) in [6.07, 6.45) is 0. The van der Waals surface area contributed by atoms with Crippen molar-refractivity contribution in [1.82, 2.24) is 0 Å². The lowest BCUT2D eigenvalue weighted by Gasteiger charge is -2.13. The fourth-order valence-corrected chi connectivity index (χ4v) is 2.29. The molecule has 0 aromatic heterocycles. The molecule has 1 aliphatic rings. The Kier molecular flexibility index (Phi) is 3.27. The van der Waals surface area contributed by atoms with Crippen molar-refractivity contribution in [3.63, 3.8) is 0 Å². The van der Waals surface area contributed by atoms with Crippen LogP contribution in [0.3, 0.4) is 0 Å². The van der Waals surface area contributed by atoms with Crippen molar-refractivity contribution in [1.29, 1.82) is 0 Å². The average Bonchev–Trinajstić information content (AvgIpc) is 2.78. The van der Waals surface area contributed by atoms with Gasteiger partial charge in [0.05, 0.1) is 16.8 Å². The number of rotatable bonds is 1. The molecule has 2 aromatic carbocycles. The van der Waals surface area contributed by atoms with E-state index < -0.39 is 0 Å².